The van der Waals surface area contributed by atoms with Gasteiger partial charge in [0.25, 0.3) is 0 Å². The maximum atomic E-state index is 5.62. The van der Waals surface area contributed by atoms with Crippen molar-refractivity contribution in [1.82, 2.24) is 0 Å². The van der Waals surface area contributed by atoms with Crippen LogP contribution in [0.4, 0.5) is 0 Å². The minimum absolute atomic E-state index is 0.326. The molecule has 0 heterocycles. The maximum absolute atomic E-state index is 5.62. The Morgan fingerprint density at radius 3 is 2.40 bits per heavy atom. The summed E-state index contributed by atoms with van der Waals surface area (Å²) in [5, 5.41) is 0. The maximum Gasteiger partial charge on any atom is 0.0464 e. The molecule has 0 aliphatic heterocycles. The number of nitrogens with two attached hydrogens (primary N) is 1. The Morgan fingerprint density at radius 2 is 2.00 bits per heavy atom. The highest BCUT2D eigenvalue weighted by Gasteiger charge is 2.03. The van der Waals surface area contributed by atoms with Crippen molar-refractivity contribution in [3.8, 4) is 0 Å². The van der Waals surface area contributed by atoms with E-state index >= 15 is 0 Å². The summed E-state index contributed by atoms with van der Waals surface area (Å²) < 4.78 is 4.95. The van der Waals surface area contributed by atoms with Crippen LogP contribution in [-0.2, 0) is 4.74 Å². The van der Waals surface area contributed by atoms with Crippen LogP contribution in [0.25, 0.3) is 0 Å². The van der Waals surface area contributed by atoms with Crippen LogP contribution in [0.1, 0.15) is 26.7 Å². The molecule has 0 aliphatic carbocycles. The van der Waals surface area contributed by atoms with E-state index in [1.165, 1.54) is 0 Å². The lowest BCUT2D eigenvalue weighted by molar-refractivity contribution is 0.177. The molecule has 0 saturated carbocycles. The predicted octanol–water partition coefficient (Wildman–Crippen LogP) is 1.40. The SMILES string of the molecule is COCCC(C)CC(C)N. The molecule has 2 atom stereocenters. The molecular formula is C8H19NO. The molecule has 0 rings (SSSR count). The summed E-state index contributed by atoms with van der Waals surface area (Å²) in [7, 11) is 1.73. The number of methoxy groups -OCH3 is 1. The molecule has 0 radical (unpaired) electrons. The van der Waals surface area contributed by atoms with Crippen LogP contribution in [-0.4, -0.2) is 19.8 Å². The topological polar surface area (TPSA) is 35.2 Å². The Morgan fingerprint density at radius 1 is 1.40 bits per heavy atom. The summed E-state index contributed by atoms with van der Waals surface area (Å²) in [6.45, 7) is 5.11. The van der Waals surface area contributed by atoms with E-state index in [2.05, 4.69) is 6.92 Å². The molecule has 0 amide bonds. The van der Waals surface area contributed by atoms with Crippen molar-refractivity contribution in [1.29, 1.82) is 0 Å². The quantitative estimate of drug-likeness (QED) is 0.634. The molecule has 2 N–H and O–H groups in total. The fourth-order valence-electron chi connectivity index (χ4n) is 1.07. The minimum Gasteiger partial charge on any atom is -0.385 e. The van der Waals surface area contributed by atoms with Gasteiger partial charge in [-0.1, -0.05) is 6.92 Å². The second kappa shape index (κ2) is 5.69. The number of hydrogen-bond acceptors (Lipinski definition) is 2. The zero-order chi connectivity index (χ0) is 7.98. The first-order valence-electron chi connectivity index (χ1n) is 3.91. The monoisotopic (exact) mass is 145 g/mol. The minimum atomic E-state index is 0.326. The van der Waals surface area contributed by atoms with Crippen LogP contribution in [0.15, 0.2) is 0 Å². The van der Waals surface area contributed by atoms with Crippen molar-refractivity contribution in [2.45, 2.75) is 32.7 Å². The van der Waals surface area contributed by atoms with Gasteiger partial charge < -0.3 is 10.5 Å². The van der Waals surface area contributed by atoms with Crippen molar-refractivity contribution in [2.75, 3.05) is 13.7 Å². The van der Waals surface area contributed by atoms with E-state index in [9.17, 15) is 0 Å². The van der Waals surface area contributed by atoms with Crippen molar-refractivity contribution >= 4 is 0 Å². The van der Waals surface area contributed by atoms with Crippen LogP contribution < -0.4 is 5.73 Å². The third kappa shape index (κ3) is 6.05. The van der Waals surface area contributed by atoms with Gasteiger partial charge in [-0.2, -0.15) is 0 Å². The summed E-state index contributed by atoms with van der Waals surface area (Å²) in [6.07, 6.45) is 2.22. The first kappa shape index (κ1) is 9.92. The van der Waals surface area contributed by atoms with Crippen LogP contribution in [0, 0.1) is 5.92 Å². The molecule has 0 bridgehead atoms. The van der Waals surface area contributed by atoms with E-state index in [1.54, 1.807) is 7.11 Å². The average molecular weight is 145 g/mol. The van der Waals surface area contributed by atoms with Crippen molar-refractivity contribution in [3.05, 3.63) is 0 Å². The largest absolute Gasteiger partial charge is 0.385 e. The van der Waals surface area contributed by atoms with Gasteiger partial charge in [0, 0.05) is 19.8 Å². The molecule has 0 aliphatic rings. The Hall–Kier alpha value is -0.0800. The van der Waals surface area contributed by atoms with E-state index in [0.29, 0.717) is 12.0 Å². The molecular weight excluding hydrogens is 126 g/mol. The number of ether oxygens (including phenoxy) is 1. The van der Waals surface area contributed by atoms with Crippen LogP contribution in [0.5, 0.6) is 0 Å². The summed E-state index contributed by atoms with van der Waals surface area (Å²) in [6, 6.07) is 0.326. The Labute approximate surface area is 63.7 Å². The molecule has 0 aromatic rings. The fourth-order valence-corrected chi connectivity index (χ4v) is 1.07. The first-order chi connectivity index (χ1) is 4.66. The molecule has 0 aromatic heterocycles. The molecule has 0 saturated heterocycles. The zero-order valence-electron chi connectivity index (χ0n) is 7.26. The Kier molecular flexibility index (Phi) is 5.64. The van der Waals surface area contributed by atoms with E-state index in [1.807, 2.05) is 6.92 Å². The second-order valence-electron chi connectivity index (χ2n) is 3.10. The van der Waals surface area contributed by atoms with Gasteiger partial charge in [0.1, 0.15) is 0 Å². The average Bonchev–Trinajstić information content (AvgIpc) is 1.82. The first-order valence-corrected chi connectivity index (χ1v) is 3.91. The zero-order valence-corrected chi connectivity index (χ0v) is 7.26. The third-order valence-corrected chi connectivity index (χ3v) is 1.59. The molecule has 2 heteroatoms. The summed E-state index contributed by atoms with van der Waals surface area (Å²) in [5.74, 6) is 0.694. The predicted molar refractivity (Wildman–Crippen MR) is 43.9 cm³/mol. The molecule has 2 unspecified atom stereocenters. The molecule has 0 aromatic carbocycles. The summed E-state index contributed by atoms with van der Waals surface area (Å²) in [5.41, 5.74) is 5.62. The highest BCUT2D eigenvalue weighted by atomic mass is 16.5. The Bertz CT molecular complexity index is 73.7. The van der Waals surface area contributed by atoms with Gasteiger partial charge in [0.05, 0.1) is 0 Å². The van der Waals surface area contributed by atoms with Gasteiger partial charge in [-0.3, -0.25) is 0 Å². The molecule has 2 nitrogen and oxygen atoms in total. The highest BCUT2D eigenvalue weighted by Crippen LogP contribution is 2.08. The van der Waals surface area contributed by atoms with Gasteiger partial charge >= 0.3 is 0 Å². The second-order valence-corrected chi connectivity index (χ2v) is 3.10. The van der Waals surface area contributed by atoms with E-state index in [4.69, 9.17) is 10.5 Å². The molecule has 62 valence electrons. The molecule has 0 fully saturated rings. The lowest BCUT2D eigenvalue weighted by atomic mass is 10.0. The van der Waals surface area contributed by atoms with Crippen LogP contribution >= 0.6 is 0 Å². The smallest absolute Gasteiger partial charge is 0.0464 e. The van der Waals surface area contributed by atoms with Crippen molar-refractivity contribution in [3.63, 3.8) is 0 Å². The van der Waals surface area contributed by atoms with Gasteiger partial charge in [0.2, 0.25) is 0 Å². The fraction of sp³-hybridized carbons (Fsp3) is 1.00. The number of hydrogen-bond donors (Lipinski definition) is 1. The van der Waals surface area contributed by atoms with Gasteiger partial charge in [0.15, 0.2) is 0 Å². The normalized spacial score (nSPS) is 16.8. The summed E-state index contributed by atoms with van der Waals surface area (Å²) in [4.78, 5) is 0. The van der Waals surface area contributed by atoms with Crippen molar-refractivity contribution < 1.29 is 4.74 Å². The molecule has 10 heavy (non-hydrogen) atoms. The highest BCUT2D eigenvalue weighted by molar-refractivity contribution is 4.59. The third-order valence-electron chi connectivity index (χ3n) is 1.59. The van der Waals surface area contributed by atoms with E-state index in [-0.39, 0.29) is 0 Å². The Balaban J connectivity index is 3.16. The van der Waals surface area contributed by atoms with Gasteiger partial charge in [-0.25, -0.2) is 0 Å². The standard InChI is InChI=1S/C8H19NO/c1-7(4-5-10-3)6-8(2)9/h7-8H,4-6,9H2,1-3H3. The van der Waals surface area contributed by atoms with E-state index in [0.717, 1.165) is 19.4 Å². The summed E-state index contributed by atoms with van der Waals surface area (Å²) >= 11 is 0. The van der Waals surface area contributed by atoms with Crippen LogP contribution in [0.3, 0.4) is 0 Å². The van der Waals surface area contributed by atoms with Gasteiger partial charge in [-0.15, -0.1) is 0 Å². The lowest BCUT2D eigenvalue weighted by Gasteiger charge is -2.12. The van der Waals surface area contributed by atoms with Crippen molar-refractivity contribution in [2.24, 2.45) is 11.7 Å². The molecule has 0 spiro atoms. The van der Waals surface area contributed by atoms with Gasteiger partial charge in [-0.05, 0) is 25.7 Å². The van der Waals surface area contributed by atoms with E-state index < -0.39 is 0 Å². The number of rotatable bonds is 5. The van der Waals surface area contributed by atoms with Crippen LogP contribution in [0.2, 0.25) is 0 Å². The lowest BCUT2D eigenvalue weighted by Crippen LogP contribution is -2.18.